The molecule has 0 radical (unpaired) electrons. The van der Waals surface area contributed by atoms with Crippen LogP contribution in [0.5, 0.6) is 0 Å². The highest BCUT2D eigenvalue weighted by Gasteiger charge is 2.40. The maximum absolute atomic E-state index is 5.50. The standard InChI is InChI=1S/C14H24N4OS/c1-12-13(9-16-17-12)8-15-10-14(2-7-20-11-14)18-3-5-19-6-4-18/h9,15H,2-8,10-11H2,1H3,(H,16,17)/t14-/m1/s1. The third-order valence-electron chi connectivity index (χ3n) is 4.47. The number of H-pyrrole nitrogens is 1. The van der Waals surface area contributed by atoms with Gasteiger partial charge in [0.1, 0.15) is 0 Å². The number of thioether (sulfide) groups is 1. The Morgan fingerprint density at radius 2 is 2.35 bits per heavy atom. The Kier molecular flexibility index (Phi) is 4.65. The molecule has 0 bridgehead atoms. The Labute approximate surface area is 124 Å². The van der Waals surface area contributed by atoms with Crippen molar-refractivity contribution < 1.29 is 4.74 Å². The van der Waals surface area contributed by atoms with Crippen LogP contribution in [0, 0.1) is 6.92 Å². The number of nitrogens with one attached hydrogen (secondary N) is 2. The Morgan fingerprint density at radius 3 is 3.00 bits per heavy atom. The molecule has 0 amide bonds. The summed E-state index contributed by atoms with van der Waals surface area (Å²) in [6, 6.07) is 0. The summed E-state index contributed by atoms with van der Waals surface area (Å²) in [6.07, 6.45) is 3.21. The van der Waals surface area contributed by atoms with Crippen LogP contribution in [0.4, 0.5) is 0 Å². The fourth-order valence-electron chi connectivity index (χ4n) is 3.12. The molecule has 0 aromatic carbocycles. The minimum absolute atomic E-state index is 0.325. The Hall–Kier alpha value is -0.560. The molecule has 0 spiro atoms. The summed E-state index contributed by atoms with van der Waals surface area (Å²) in [5.74, 6) is 2.52. The van der Waals surface area contributed by atoms with Crippen LogP contribution in [0.2, 0.25) is 0 Å². The molecule has 1 aromatic heterocycles. The second-order valence-corrected chi connectivity index (χ2v) is 6.86. The maximum atomic E-state index is 5.50. The summed E-state index contributed by atoms with van der Waals surface area (Å²) in [6.45, 7) is 7.96. The summed E-state index contributed by atoms with van der Waals surface area (Å²) in [5, 5.41) is 10.7. The largest absolute Gasteiger partial charge is 0.379 e. The van der Waals surface area contributed by atoms with Crippen molar-refractivity contribution >= 4 is 11.8 Å². The third kappa shape index (κ3) is 3.03. The normalized spacial score (nSPS) is 28.1. The molecule has 6 heteroatoms. The van der Waals surface area contributed by atoms with E-state index >= 15 is 0 Å². The van der Waals surface area contributed by atoms with E-state index in [0.717, 1.165) is 39.4 Å². The number of aryl methyl sites for hydroxylation is 1. The Morgan fingerprint density at radius 1 is 1.50 bits per heavy atom. The van der Waals surface area contributed by atoms with Gasteiger partial charge in [-0.2, -0.15) is 16.9 Å². The Bertz CT molecular complexity index is 425. The lowest BCUT2D eigenvalue weighted by Gasteiger charge is -2.43. The van der Waals surface area contributed by atoms with Crippen LogP contribution in [0.15, 0.2) is 6.20 Å². The van der Waals surface area contributed by atoms with Crippen LogP contribution in [0.3, 0.4) is 0 Å². The van der Waals surface area contributed by atoms with Crippen molar-refractivity contribution in [2.75, 3.05) is 44.4 Å². The van der Waals surface area contributed by atoms with Gasteiger partial charge in [-0.05, 0) is 19.1 Å². The van der Waals surface area contributed by atoms with E-state index in [-0.39, 0.29) is 0 Å². The number of nitrogens with zero attached hydrogens (tertiary/aromatic N) is 2. The van der Waals surface area contributed by atoms with E-state index in [2.05, 4.69) is 39.1 Å². The Balaban J connectivity index is 1.58. The lowest BCUT2D eigenvalue weighted by molar-refractivity contribution is -0.0134. The zero-order valence-corrected chi connectivity index (χ0v) is 13.0. The predicted octanol–water partition coefficient (Wildman–Crippen LogP) is 1.02. The van der Waals surface area contributed by atoms with E-state index in [1.165, 1.54) is 29.2 Å². The smallest absolute Gasteiger partial charge is 0.0594 e. The van der Waals surface area contributed by atoms with Gasteiger partial charge in [0.2, 0.25) is 0 Å². The molecule has 2 saturated heterocycles. The molecular formula is C14H24N4OS. The minimum atomic E-state index is 0.325. The summed E-state index contributed by atoms with van der Waals surface area (Å²) < 4.78 is 5.50. The molecule has 2 aliphatic rings. The molecule has 1 aromatic rings. The van der Waals surface area contributed by atoms with Gasteiger partial charge in [-0.25, -0.2) is 0 Å². The zero-order valence-electron chi connectivity index (χ0n) is 12.2. The molecule has 2 aliphatic heterocycles. The average Bonchev–Trinajstić information content (AvgIpc) is 3.11. The van der Waals surface area contributed by atoms with Gasteiger partial charge in [0.05, 0.1) is 19.4 Å². The molecule has 20 heavy (non-hydrogen) atoms. The van der Waals surface area contributed by atoms with Gasteiger partial charge in [0.15, 0.2) is 0 Å². The molecule has 2 fully saturated rings. The maximum Gasteiger partial charge on any atom is 0.0594 e. The first kappa shape index (κ1) is 14.4. The van der Waals surface area contributed by atoms with Gasteiger partial charge in [0, 0.05) is 48.7 Å². The summed E-state index contributed by atoms with van der Waals surface area (Å²) in [4.78, 5) is 2.64. The fourth-order valence-corrected chi connectivity index (χ4v) is 4.60. The number of ether oxygens (including phenoxy) is 1. The first-order valence-corrected chi connectivity index (χ1v) is 8.56. The first-order valence-electron chi connectivity index (χ1n) is 7.40. The summed E-state index contributed by atoms with van der Waals surface area (Å²) in [5.41, 5.74) is 2.76. The van der Waals surface area contributed by atoms with E-state index in [1.54, 1.807) is 0 Å². The van der Waals surface area contributed by atoms with Crippen LogP contribution in [0.1, 0.15) is 17.7 Å². The van der Waals surface area contributed by atoms with Gasteiger partial charge >= 0.3 is 0 Å². The van der Waals surface area contributed by atoms with Gasteiger partial charge in [0.25, 0.3) is 0 Å². The van der Waals surface area contributed by atoms with E-state index < -0.39 is 0 Å². The van der Waals surface area contributed by atoms with Crippen molar-refractivity contribution in [3.8, 4) is 0 Å². The van der Waals surface area contributed by atoms with Crippen LogP contribution < -0.4 is 5.32 Å². The molecule has 3 heterocycles. The molecule has 0 unspecified atom stereocenters. The molecular weight excluding hydrogens is 272 g/mol. The second-order valence-electron chi connectivity index (χ2n) is 5.75. The van der Waals surface area contributed by atoms with Crippen LogP contribution in [0.25, 0.3) is 0 Å². The molecule has 3 rings (SSSR count). The topological polar surface area (TPSA) is 53.2 Å². The molecule has 0 saturated carbocycles. The highest BCUT2D eigenvalue weighted by molar-refractivity contribution is 7.99. The van der Waals surface area contributed by atoms with E-state index in [0.29, 0.717) is 5.54 Å². The van der Waals surface area contributed by atoms with Crippen LogP contribution in [-0.4, -0.2) is 65.0 Å². The number of morpholine rings is 1. The van der Waals surface area contributed by atoms with Crippen molar-refractivity contribution in [2.45, 2.75) is 25.4 Å². The van der Waals surface area contributed by atoms with Gasteiger partial charge in [-0.15, -0.1) is 0 Å². The van der Waals surface area contributed by atoms with Gasteiger partial charge in [-0.3, -0.25) is 10.00 Å². The highest BCUT2D eigenvalue weighted by atomic mass is 32.2. The minimum Gasteiger partial charge on any atom is -0.379 e. The number of aromatic amines is 1. The monoisotopic (exact) mass is 296 g/mol. The number of rotatable bonds is 5. The van der Waals surface area contributed by atoms with Crippen molar-refractivity contribution in [2.24, 2.45) is 0 Å². The fraction of sp³-hybridized carbons (Fsp3) is 0.786. The number of hydrogen-bond acceptors (Lipinski definition) is 5. The van der Waals surface area contributed by atoms with Crippen LogP contribution >= 0.6 is 11.8 Å². The van der Waals surface area contributed by atoms with Crippen molar-refractivity contribution in [3.05, 3.63) is 17.5 Å². The molecule has 2 N–H and O–H groups in total. The zero-order chi connectivity index (χ0) is 13.8. The summed E-state index contributed by atoms with van der Waals surface area (Å²) >= 11 is 2.08. The van der Waals surface area contributed by atoms with E-state index in [1.807, 2.05) is 6.20 Å². The lowest BCUT2D eigenvalue weighted by Crippen LogP contribution is -2.58. The number of aromatic nitrogens is 2. The predicted molar refractivity (Wildman–Crippen MR) is 82.1 cm³/mol. The molecule has 112 valence electrons. The van der Waals surface area contributed by atoms with Crippen molar-refractivity contribution in [1.82, 2.24) is 20.4 Å². The SMILES string of the molecule is Cc1[nH]ncc1CNC[C@]1(N2CCOCC2)CCSC1. The van der Waals surface area contributed by atoms with Crippen LogP contribution in [-0.2, 0) is 11.3 Å². The van der Waals surface area contributed by atoms with Gasteiger partial charge < -0.3 is 10.1 Å². The third-order valence-corrected chi connectivity index (χ3v) is 5.70. The van der Waals surface area contributed by atoms with Gasteiger partial charge in [-0.1, -0.05) is 0 Å². The number of hydrogen-bond donors (Lipinski definition) is 2. The highest BCUT2D eigenvalue weighted by Crippen LogP contribution is 2.33. The average molecular weight is 296 g/mol. The molecule has 0 aliphatic carbocycles. The second kappa shape index (κ2) is 6.47. The first-order chi connectivity index (χ1) is 9.80. The molecule has 5 nitrogen and oxygen atoms in total. The van der Waals surface area contributed by atoms with Crippen molar-refractivity contribution in [3.63, 3.8) is 0 Å². The summed E-state index contributed by atoms with van der Waals surface area (Å²) in [7, 11) is 0. The van der Waals surface area contributed by atoms with E-state index in [9.17, 15) is 0 Å². The lowest BCUT2D eigenvalue weighted by atomic mass is 9.95. The van der Waals surface area contributed by atoms with Crippen molar-refractivity contribution in [1.29, 1.82) is 0 Å². The molecule has 1 atom stereocenters. The quantitative estimate of drug-likeness (QED) is 0.849. The van der Waals surface area contributed by atoms with E-state index in [4.69, 9.17) is 4.74 Å².